The first-order valence-corrected chi connectivity index (χ1v) is 7.35. The average molecular weight is 292 g/mol. The summed E-state index contributed by atoms with van der Waals surface area (Å²) in [7, 11) is 1.76. The first-order valence-electron chi connectivity index (χ1n) is 7.35. The number of aliphatic hydroxyl groups excluding tert-OH is 1. The van der Waals surface area contributed by atoms with E-state index >= 15 is 0 Å². The lowest BCUT2D eigenvalue weighted by Crippen LogP contribution is -2.57. The number of hydrazine groups is 1. The molecule has 2 amide bonds. The van der Waals surface area contributed by atoms with Crippen LogP contribution in [0.5, 0.6) is 0 Å². The van der Waals surface area contributed by atoms with Crippen molar-refractivity contribution in [3.05, 3.63) is 35.9 Å². The van der Waals surface area contributed by atoms with Crippen LogP contribution in [0, 0.1) is 0 Å². The van der Waals surface area contributed by atoms with Gasteiger partial charge in [0.15, 0.2) is 0 Å². The van der Waals surface area contributed by atoms with E-state index in [1.807, 2.05) is 35.3 Å². The van der Waals surface area contributed by atoms with Gasteiger partial charge < -0.3 is 15.7 Å². The summed E-state index contributed by atoms with van der Waals surface area (Å²) in [5.74, 6) is 0. The van der Waals surface area contributed by atoms with Gasteiger partial charge in [0, 0.05) is 33.2 Å². The Morgan fingerprint density at radius 1 is 1.38 bits per heavy atom. The monoisotopic (exact) mass is 292 g/mol. The highest BCUT2D eigenvalue weighted by Crippen LogP contribution is 2.04. The summed E-state index contributed by atoms with van der Waals surface area (Å²) < 4.78 is 0. The predicted molar refractivity (Wildman–Crippen MR) is 81.8 cm³/mol. The minimum Gasteiger partial charge on any atom is -0.394 e. The van der Waals surface area contributed by atoms with Crippen molar-refractivity contribution in [2.45, 2.75) is 12.5 Å². The van der Waals surface area contributed by atoms with Gasteiger partial charge in [-0.05, 0) is 12.0 Å². The molecule has 1 fully saturated rings. The lowest BCUT2D eigenvalue weighted by molar-refractivity contribution is 0.0229. The summed E-state index contributed by atoms with van der Waals surface area (Å²) in [5, 5.41) is 19.2. The molecule has 1 aliphatic heterocycles. The molecule has 2 rings (SSSR count). The van der Waals surface area contributed by atoms with E-state index in [1.54, 1.807) is 12.1 Å². The van der Waals surface area contributed by atoms with E-state index in [0.717, 1.165) is 31.7 Å². The van der Waals surface area contributed by atoms with Crippen molar-refractivity contribution in [1.29, 1.82) is 0 Å². The quantitative estimate of drug-likeness (QED) is 0.717. The van der Waals surface area contributed by atoms with Gasteiger partial charge in [0.2, 0.25) is 0 Å². The number of amides is 2. The van der Waals surface area contributed by atoms with Crippen LogP contribution in [-0.4, -0.2) is 67.0 Å². The Balaban J connectivity index is 1.86. The number of urea groups is 1. The number of hydrogen-bond acceptors (Lipinski definition) is 4. The van der Waals surface area contributed by atoms with Crippen molar-refractivity contribution < 1.29 is 9.90 Å². The standard InChI is InChI=1S/C15H24N4O2/c1-18(19-9-7-16-8-10-19)15(21)17-14(12-20)11-13-5-3-2-4-6-13/h2-6,14,16,20H,7-12H2,1H3,(H,17,21)/t14-/m1/s1. The normalized spacial score (nSPS) is 17.2. The van der Waals surface area contributed by atoms with E-state index in [2.05, 4.69) is 10.6 Å². The second-order valence-corrected chi connectivity index (χ2v) is 5.25. The Morgan fingerprint density at radius 2 is 2.05 bits per heavy atom. The largest absolute Gasteiger partial charge is 0.394 e. The number of benzene rings is 1. The number of nitrogens with zero attached hydrogens (tertiary/aromatic N) is 2. The molecule has 1 aliphatic rings. The topological polar surface area (TPSA) is 67.8 Å². The van der Waals surface area contributed by atoms with Gasteiger partial charge in [0.25, 0.3) is 0 Å². The highest BCUT2D eigenvalue weighted by atomic mass is 16.3. The minimum atomic E-state index is -0.273. The Kier molecular flexibility index (Phi) is 5.98. The molecule has 0 aromatic heterocycles. The molecule has 116 valence electrons. The molecule has 0 unspecified atom stereocenters. The fraction of sp³-hybridized carbons (Fsp3) is 0.533. The maximum atomic E-state index is 12.2. The SMILES string of the molecule is CN(C(=O)N[C@@H](CO)Cc1ccccc1)N1CCNCC1. The third kappa shape index (κ3) is 4.70. The van der Waals surface area contributed by atoms with Crippen molar-refractivity contribution in [3.63, 3.8) is 0 Å². The molecule has 0 radical (unpaired) electrons. The van der Waals surface area contributed by atoms with Crippen LogP contribution in [0.1, 0.15) is 5.56 Å². The summed E-state index contributed by atoms with van der Waals surface area (Å²) in [6, 6.07) is 9.41. The number of piperazine rings is 1. The van der Waals surface area contributed by atoms with Gasteiger partial charge in [0.1, 0.15) is 0 Å². The molecule has 1 aromatic carbocycles. The number of hydrogen-bond donors (Lipinski definition) is 3. The van der Waals surface area contributed by atoms with Crippen molar-refractivity contribution in [3.8, 4) is 0 Å². The smallest absolute Gasteiger partial charge is 0.331 e. The fourth-order valence-electron chi connectivity index (χ4n) is 2.41. The molecule has 0 saturated carbocycles. The van der Waals surface area contributed by atoms with Crippen LogP contribution >= 0.6 is 0 Å². The molecule has 1 heterocycles. The van der Waals surface area contributed by atoms with Crippen LogP contribution in [0.15, 0.2) is 30.3 Å². The van der Waals surface area contributed by atoms with E-state index in [4.69, 9.17) is 0 Å². The van der Waals surface area contributed by atoms with E-state index in [-0.39, 0.29) is 18.7 Å². The molecule has 1 saturated heterocycles. The molecule has 1 aromatic rings. The van der Waals surface area contributed by atoms with Crippen LogP contribution in [0.4, 0.5) is 4.79 Å². The minimum absolute atomic E-state index is 0.0734. The Hall–Kier alpha value is -1.63. The summed E-state index contributed by atoms with van der Waals surface area (Å²) in [6.45, 7) is 3.31. The van der Waals surface area contributed by atoms with Gasteiger partial charge >= 0.3 is 6.03 Å². The number of rotatable bonds is 5. The van der Waals surface area contributed by atoms with Crippen LogP contribution < -0.4 is 10.6 Å². The fourth-order valence-corrected chi connectivity index (χ4v) is 2.41. The van der Waals surface area contributed by atoms with Crippen LogP contribution in [0.25, 0.3) is 0 Å². The van der Waals surface area contributed by atoms with Crippen molar-refractivity contribution in [2.75, 3.05) is 39.8 Å². The zero-order chi connectivity index (χ0) is 15.1. The number of nitrogens with one attached hydrogen (secondary N) is 2. The Labute approximate surface area is 125 Å². The molecule has 3 N–H and O–H groups in total. The maximum absolute atomic E-state index is 12.2. The van der Waals surface area contributed by atoms with Gasteiger partial charge in [-0.1, -0.05) is 30.3 Å². The first-order chi connectivity index (χ1) is 10.2. The number of carbonyl (C=O) groups excluding carboxylic acids is 1. The molecule has 0 bridgehead atoms. The molecule has 0 spiro atoms. The van der Waals surface area contributed by atoms with Gasteiger partial charge in [-0.3, -0.25) is 5.01 Å². The summed E-state index contributed by atoms with van der Waals surface area (Å²) >= 11 is 0. The first kappa shape index (κ1) is 15.8. The zero-order valence-corrected chi connectivity index (χ0v) is 12.5. The third-order valence-electron chi connectivity index (χ3n) is 3.68. The molecule has 6 nitrogen and oxygen atoms in total. The van der Waals surface area contributed by atoms with Gasteiger partial charge in [-0.2, -0.15) is 0 Å². The summed E-state index contributed by atoms with van der Waals surface area (Å²) in [6.07, 6.45) is 0.623. The molecular weight excluding hydrogens is 268 g/mol. The number of carbonyl (C=O) groups is 1. The second kappa shape index (κ2) is 7.97. The zero-order valence-electron chi connectivity index (χ0n) is 12.5. The molecule has 0 aliphatic carbocycles. The van der Waals surface area contributed by atoms with Gasteiger partial charge in [-0.25, -0.2) is 9.80 Å². The predicted octanol–water partition coefficient (Wildman–Crippen LogP) is 0.0516. The lowest BCUT2D eigenvalue weighted by atomic mass is 10.1. The van der Waals surface area contributed by atoms with Crippen LogP contribution in [0.2, 0.25) is 0 Å². The van der Waals surface area contributed by atoms with Crippen molar-refractivity contribution in [2.24, 2.45) is 0 Å². The highest BCUT2D eigenvalue weighted by molar-refractivity contribution is 5.73. The lowest BCUT2D eigenvalue weighted by Gasteiger charge is -2.35. The highest BCUT2D eigenvalue weighted by Gasteiger charge is 2.21. The molecular formula is C15H24N4O2. The van der Waals surface area contributed by atoms with E-state index < -0.39 is 0 Å². The van der Waals surface area contributed by atoms with Crippen molar-refractivity contribution >= 4 is 6.03 Å². The molecule has 1 atom stereocenters. The van der Waals surface area contributed by atoms with Crippen molar-refractivity contribution in [1.82, 2.24) is 20.7 Å². The Bertz CT molecular complexity index is 435. The molecule has 6 heteroatoms. The van der Waals surface area contributed by atoms with Crippen LogP contribution in [0.3, 0.4) is 0 Å². The van der Waals surface area contributed by atoms with Crippen LogP contribution in [-0.2, 0) is 6.42 Å². The van der Waals surface area contributed by atoms with E-state index in [1.165, 1.54) is 0 Å². The molecule has 21 heavy (non-hydrogen) atoms. The second-order valence-electron chi connectivity index (χ2n) is 5.25. The summed E-state index contributed by atoms with van der Waals surface area (Å²) in [4.78, 5) is 12.2. The van der Waals surface area contributed by atoms with Gasteiger partial charge in [-0.15, -0.1) is 0 Å². The van der Waals surface area contributed by atoms with E-state index in [0.29, 0.717) is 6.42 Å². The third-order valence-corrected chi connectivity index (χ3v) is 3.68. The average Bonchev–Trinajstić information content (AvgIpc) is 2.55. The van der Waals surface area contributed by atoms with Gasteiger partial charge in [0.05, 0.1) is 12.6 Å². The number of aliphatic hydroxyl groups is 1. The summed E-state index contributed by atoms with van der Waals surface area (Å²) in [5.41, 5.74) is 1.10. The Morgan fingerprint density at radius 3 is 2.67 bits per heavy atom. The van der Waals surface area contributed by atoms with E-state index in [9.17, 15) is 9.90 Å². The maximum Gasteiger partial charge on any atom is 0.331 e.